The predicted octanol–water partition coefficient (Wildman–Crippen LogP) is 4.17. The van der Waals surface area contributed by atoms with Gasteiger partial charge in [-0.15, -0.1) is 0 Å². The van der Waals surface area contributed by atoms with Gasteiger partial charge >= 0.3 is 6.18 Å². The van der Waals surface area contributed by atoms with Crippen molar-refractivity contribution in [3.05, 3.63) is 75.6 Å². The first-order valence-corrected chi connectivity index (χ1v) is 12.5. The van der Waals surface area contributed by atoms with E-state index in [0.29, 0.717) is 49.7 Å². The van der Waals surface area contributed by atoms with Gasteiger partial charge in [-0.2, -0.15) is 13.2 Å². The van der Waals surface area contributed by atoms with E-state index in [2.05, 4.69) is 16.8 Å². The van der Waals surface area contributed by atoms with Gasteiger partial charge in [0.25, 0.3) is 0 Å². The summed E-state index contributed by atoms with van der Waals surface area (Å²) < 4.78 is 55.3. The van der Waals surface area contributed by atoms with Gasteiger partial charge in [0.05, 0.1) is 25.8 Å². The Morgan fingerprint density at radius 2 is 1.86 bits per heavy atom. The molecule has 1 aromatic heterocycles. The van der Waals surface area contributed by atoms with Crippen LogP contribution in [0.1, 0.15) is 31.9 Å². The highest BCUT2D eigenvalue weighted by Crippen LogP contribution is 2.26. The quantitative estimate of drug-likeness (QED) is 0.436. The molecule has 3 rings (SSSR count). The largest absolute Gasteiger partial charge is 0.493 e. The standard InChI is InChI=1S/C27H36F3N3O4/c1-20(27(28,29)30)9-10-22-23(31)7-6-8-25(22)35-15-4-3-5-16-36-26-19-37-21(17-24(26)34)18-33-13-11-32(2)12-14-33/h6-10,17,19,23H,3-5,11-16,18,31H2,1-2H3/b20-9+,22-10+. The second kappa shape index (κ2) is 13.6. The zero-order valence-corrected chi connectivity index (χ0v) is 21.4. The van der Waals surface area contributed by atoms with Crippen molar-refractivity contribution < 1.29 is 27.1 Å². The molecule has 2 heterocycles. The van der Waals surface area contributed by atoms with Crippen LogP contribution in [-0.2, 0) is 11.3 Å². The van der Waals surface area contributed by atoms with E-state index in [9.17, 15) is 18.0 Å². The highest BCUT2D eigenvalue weighted by atomic mass is 19.4. The first-order valence-electron chi connectivity index (χ1n) is 12.5. The van der Waals surface area contributed by atoms with Crippen molar-refractivity contribution in [3.8, 4) is 5.75 Å². The van der Waals surface area contributed by atoms with Crippen LogP contribution in [0.15, 0.2) is 68.8 Å². The maximum Gasteiger partial charge on any atom is 0.412 e. The van der Waals surface area contributed by atoms with Crippen LogP contribution in [0, 0.1) is 0 Å². The number of ether oxygens (including phenoxy) is 2. The normalized spacial score (nSPS) is 20.8. The predicted molar refractivity (Wildman–Crippen MR) is 136 cm³/mol. The second-order valence-corrected chi connectivity index (χ2v) is 9.32. The van der Waals surface area contributed by atoms with Crippen LogP contribution in [0.25, 0.3) is 0 Å². The summed E-state index contributed by atoms with van der Waals surface area (Å²) in [4.78, 5) is 16.9. The van der Waals surface area contributed by atoms with Gasteiger partial charge in [-0.25, -0.2) is 0 Å². The molecule has 2 N–H and O–H groups in total. The zero-order valence-electron chi connectivity index (χ0n) is 21.4. The molecular formula is C27H36F3N3O4. The molecule has 0 bridgehead atoms. The topological polar surface area (TPSA) is 81.2 Å². The SMILES string of the molecule is C/C(=C\C=C1\C(OCCCCCOc2coc(CN3CCN(C)CC3)cc2=O)=CC=CC1N)C(F)(F)F. The molecule has 0 saturated carbocycles. The van der Waals surface area contributed by atoms with Gasteiger partial charge < -0.3 is 24.5 Å². The first kappa shape index (κ1) is 28.7. The summed E-state index contributed by atoms with van der Waals surface area (Å²) in [6, 6.07) is 0.958. The van der Waals surface area contributed by atoms with E-state index in [0.717, 1.165) is 45.6 Å². The third-order valence-electron chi connectivity index (χ3n) is 6.30. The molecule has 10 heteroatoms. The number of likely N-dealkylation sites (N-methyl/N-ethyl adjacent to an activating group) is 1. The lowest BCUT2D eigenvalue weighted by Gasteiger charge is -2.31. The first-order chi connectivity index (χ1) is 17.6. The monoisotopic (exact) mass is 523 g/mol. The van der Waals surface area contributed by atoms with Gasteiger partial charge in [-0.3, -0.25) is 9.69 Å². The molecule has 2 aliphatic rings. The van der Waals surface area contributed by atoms with Gasteiger partial charge in [0.15, 0.2) is 0 Å². The minimum atomic E-state index is -4.38. The van der Waals surface area contributed by atoms with Crippen molar-refractivity contribution in [2.24, 2.45) is 5.73 Å². The lowest BCUT2D eigenvalue weighted by atomic mass is 9.99. The van der Waals surface area contributed by atoms with Crippen LogP contribution in [0.5, 0.6) is 5.75 Å². The number of nitrogens with zero attached hydrogens (tertiary/aromatic N) is 2. The molecule has 0 spiro atoms. The molecule has 1 atom stereocenters. The van der Waals surface area contributed by atoms with Crippen molar-refractivity contribution in [1.29, 1.82) is 0 Å². The van der Waals surface area contributed by atoms with E-state index in [4.69, 9.17) is 19.6 Å². The maximum atomic E-state index is 12.8. The Morgan fingerprint density at radius 3 is 2.54 bits per heavy atom. The molecular weight excluding hydrogens is 487 g/mol. The summed E-state index contributed by atoms with van der Waals surface area (Å²) in [5.41, 5.74) is 5.62. The summed E-state index contributed by atoms with van der Waals surface area (Å²) in [6.45, 7) is 6.24. The molecule has 1 unspecified atom stereocenters. The van der Waals surface area contributed by atoms with E-state index >= 15 is 0 Å². The van der Waals surface area contributed by atoms with Crippen molar-refractivity contribution in [3.63, 3.8) is 0 Å². The molecule has 1 fully saturated rings. The fourth-order valence-corrected chi connectivity index (χ4v) is 3.86. The molecule has 37 heavy (non-hydrogen) atoms. The van der Waals surface area contributed by atoms with Crippen molar-refractivity contribution in [2.75, 3.05) is 46.4 Å². The van der Waals surface area contributed by atoms with Crippen LogP contribution >= 0.6 is 0 Å². The molecule has 7 nitrogen and oxygen atoms in total. The molecule has 1 saturated heterocycles. The molecule has 0 radical (unpaired) electrons. The molecule has 0 aromatic carbocycles. The van der Waals surface area contributed by atoms with Gasteiger partial charge in [-0.05, 0) is 39.3 Å². The van der Waals surface area contributed by atoms with Gasteiger partial charge in [0.2, 0.25) is 11.2 Å². The van der Waals surface area contributed by atoms with Crippen LogP contribution in [0.4, 0.5) is 13.2 Å². The van der Waals surface area contributed by atoms with E-state index in [1.165, 1.54) is 18.4 Å². The average molecular weight is 524 g/mol. The zero-order chi connectivity index (χ0) is 26.8. The fourth-order valence-electron chi connectivity index (χ4n) is 3.86. The smallest absolute Gasteiger partial charge is 0.412 e. The van der Waals surface area contributed by atoms with Crippen LogP contribution in [-0.4, -0.2) is 68.5 Å². The van der Waals surface area contributed by atoms with Crippen LogP contribution in [0.2, 0.25) is 0 Å². The lowest BCUT2D eigenvalue weighted by Crippen LogP contribution is -2.43. The number of rotatable bonds is 11. The average Bonchev–Trinajstić information content (AvgIpc) is 2.84. The van der Waals surface area contributed by atoms with Crippen molar-refractivity contribution >= 4 is 0 Å². The van der Waals surface area contributed by atoms with Gasteiger partial charge in [0, 0.05) is 43.4 Å². The van der Waals surface area contributed by atoms with Crippen LogP contribution < -0.4 is 15.9 Å². The summed E-state index contributed by atoms with van der Waals surface area (Å²) in [6.07, 6.45) is 6.70. The Bertz CT molecular complexity index is 1070. The summed E-state index contributed by atoms with van der Waals surface area (Å²) in [7, 11) is 2.09. The Kier molecular flexibility index (Phi) is 10.6. The summed E-state index contributed by atoms with van der Waals surface area (Å²) >= 11 is 0. The minimum Gasteiger partial charge on any atom is -0.493 e. The van der Waals surface area contributed by atoms with E-state index in [1.54, 1.807) is 18.2 Å². The number of halogens is 3. The maximum absolute atomic E-state index is 12.8. The highest BCUT2D eigenvalue weighted by Gasteiger charge is 2.29. The minimum absolute atomic E-state index is 0.193. The Morgan fingerprint density at radius 1 is 1.16 bits per heavy atom. The second-order valence-electron chi connectivity index (χ2n) is 9.32. The number of piperazine rings is 1. The Hall–Kier alpha value is -2.82. The molecule has 1 aliphatic carbocycles. The summed E-state index contributed by atoms with van der Waals surface area (Å²) in [5, 5.41) is 0. The van der Waals surface area contributed by atoms with Gasteiger partial charge in [0.1, 0.15) is 17.8 Å². The molecule has 1 aromatic rings. The molecule has 0 amide bonds. The Labute approximate surface area is 215 Å². The number of unbranched alkanes of at least 4 members (excludes halogenated alkanes) is 2. The molecule has 204 valence electrons. The third kappa shape index (κ3) is 9.21. The van der Waals surface area contributed by atoms with Gasteiger partial charge in [-0.1, -0.05) is 24.3 Å². The number of hydrogen-bond acceptors (Lipinski definition) is 7. The number of nitrogens with two attached hydrogens (primary N) is 1. The van der Waals surface area contributed by atoms with E-state index < -0.39 is 17.8 Å². The highest BCUT2D eigenvalue weighted by molar-refractivity contribution is 5.43. The van der Waals surface area contributed by atoms with E-state index in [-0.39, 0.29) is 11.2 Å². The van der Waals surface area contributed by atoms with E-state index in [1.807, 2.05) is 0 Å². The van der Waals surface area contributed by atoms with Crippen LogP contribution in [0.3, 0.4) is 0 Å². The molecule has 1 aliphatic heterocycles. The van der Waals surface area contributed by atoms with Crippen molar-refractivity contribution in [2.45, 2.75) is 44.9 Å². The fraction of sp³-hybridized carbons (Fsp3) is 0.519. The number of hydrogen-bond donors (Lipinski definition) is 1. The third-order valence-corrected chi connectivity index (χ3v) is 6.30. The summed E-state index contributed by atoms with van der Waals surface area (Å²) in [5.74, 6) is 1.29. The Balaban J connectivity index is 1.37. The lowest BCUT2D eigenvalue weighted by molar-refractivity contribution is -0.0913. The number of allylic oxidation sites excluding steroid dienone is 5. The van der Waals surface area contributed by atoms with Crippen molar-refractivity contribution in [1.82, 2.24) is 9.80 Å². The number of alkyl halides is 3.